The summed E-state index contributed by atoms with van der Waals surface area (Å²) in [7, 11) is 1.56. The lowest BCUT2D eigenvalue weighted by Crippen LogP contribution is -2.39. The smallest absolute Gasteiger partial charge is 0.239 e. The first-order valence-electron chi connectivity index (χ1n) is 5.77. The van der Waals surface area contributed by atoms with E-state index in [4.69, 9.17) is 23.1 Å². The highest BCUT2D eigenvalue weighted by molar-refractivity contribution is 6.33. The molecule has 1 aromatic carbocycles. The predicted molar refractivity (Wildman–Crippen MR) is 76.8 cm³/mol. The fourth-order valence-corrected chi connectivity index (χ4v) is 1.85. The Kier molecular flexibility index (Phi) is 4.83. The average Bonchev–Trinajstić information content (AvgIpc) is 2.24. The summed E-state index contributed by atoms with van der Waals surface area (Å²) in [6.45, 7) is 3.65. The summed E-state index contributed by atoms with van der Waals surface area (Å²) >= 11 is 5.74. The van der Waals surface area contributed by atoms with Crippen LogP contribution in [-0.4, -0.2) is 25.5 Å². The Morgan fingerprint density at radius 1 is 1.47 bits per heavy atom. The highest BCUT2D eigenvalue weighted by Crippen LogP contribution is 2.35. The molecule has 106 valence electrons. The molecule has 1 amide bonds. The van der Waals surface area contributed by atoms with Gasteiger partial charge < -0.3 is 21.7 Å². The monoisotopic (exact) mass is 288 g/mol. The van der Waals surface area contributed by atoms with Gasteiger partial charge in [0.15, 0.2) is 5.82 Å². The van der Waals surface area contributed by atoms with Crippen molar-refractivity contribution in [2.24, 2.45) is 0 Å². The molecule has 0 atom stereocenters. The molecular weight excluding hydrogens is 271 g/mol. The van der Waals surface area contributed by atoms with Crippen molar-refractivity contribution < 1.29 is 9.18 Å². The van der Waals surface area contributed by atoms with Crippen molar-refractivity contribution in [2.75, 3.05) is 30.0 Å². The lowest BCUT2D eigenvalue weighted by atomic mass is 10.2. The van der Waals surface area contributed by atoms with Gasteiger partial charge in [-0.1, -0.05) is 11.6 Å². The second kappa shape index (κ2) is 5.97. The van der Waals surface area contributed by atoms with Crippen molar-refractivity contribution in [3.05, 3.63) is 16.9 Å². The molecule has 0 bridgehead atoms. The van der Waals surface area contributed by atoms with Crippen molar-refractivity contribution in [1.82, 2.24) is 5.32 Å². The zero-order valence-electron chi connectivity index (χ0n) is 11.1. The normalized spacial score (nSPS) is 10.6. The first kappa shape index (κ1) is 15.4. The van der Waals surface area contributed by atoms with Crippen molar-refractivity contribution in [3.8, 4) is 0 Å². The molecule has 5 nitrogen and oxygen atoms in total. The number of hydrogen-bond donors (Lipinski definition) is 3. The predicted octanol–water partition coefficient (Wildman–Crippen LogP) is 1.60. The largest absolute Gasteiger partial charge is 0.397 e. The van der Waals surface area contributed by atoms with Crippen molar-refractivity contribution in [1.29, 1.82) is 0 Å². The molecular formula is C12H18ClFN4O. The van der Waals surface area contributed by atoms with Gasteiger partial charge in [0.05, 0.1) is 23.6 Å². The second-order valence-electron chi connectivity index (χ2n) is 4.61. The van der Waals surface area contributed by atoms with Gasteiger partial charge in [0, 0.05) is 13.1 Å². The van der Waals surface area contributed by atoms with Gasteiger partial charge in [0.2, 0.25) is 5.91 Å². The number of anilines is 3. The van der Waals surface area contributed by atoms with Gasteiger partial charge in [-0.3, -0.25) is 4.79 Å². The Hall–Kier alpha value is -1.69. The van der Waals surface area contributed by atoms with E-state index >= 15 is 0 Å². The number of nitrogens with zero attached hydrogens (tertiary/aromatic N) is 1. The van der Waals surface area contributed by atoms with E-state index in [0.29, 0.717) is 0 Å². The molecule has 0 unspecified atom stereocenters. The van der Waals surface area contributed by atoms with Crippen LogP contribution in [0.15, 0.2) is 6.07 Å². The van der Waals surface area contributed by atoms with Gasteiger partial charge in [0.1, 0.15) is 5.02 Å². The van der Waals surface area contributed by atoms with Crippen LogP contribution in [0, 0.1) is 5.82 Å². The number of halogens is 2. The van der Waals surface area contributed by atoms with Crippen LogP contribution in [-0.2, 0) is 4.79 Å². The standard InChI is InChI=1S/C12H18ClFN4O/c1-6(2)17-9(19)5-18(3)12-8(16)4-7(15)10(13)11(12)14/h4,6H,5,15-16H2,1-3H3,(H,17,19). The summed E-state index contributed by atoms with van der Waals surface area (Å²) in [5, 5.41) is 2.51. The second-order valence-corrected chi connectivity index (χ2v) is 4.99. The summed E-state index contributed by atoms with van der Waals surface area (Å²) < 4.78 is 14.0. The van der Waals surface area contributed by atoms with E-state index in [2.05, 4.69) is 5.32 Å². The van der Waals surface area contributed by atoms with Gasteiger partial charge in [-0.2, -0.15) is 0 Å². The van der Waals surface area contributed by atoms with Crippen LogP contribution in [0.3, 0.4) is 0 Å². The molecule has 1 aromatic rings. The van der Waals surface area contributed by atoms with Gasteiger partial charge in [-0.25, -0.2) is 4.39 Å². The third-order valence-corrected chi connectivity index (χ3v) is 2.83. The molecule has 0 aliphatic carbocycles. The number of nitrogens with one attached hydrogen (secondary N) is 1. The van der Waals surface area contributed by atoms with Crippen LogP contribution < -0.4 is 21.7 Å². The maximum Gasteiger partial charge on any atom is 0.239 e. The zero-order valence-corrected chi connectivity index (χ0v) is 11.9. The van der Waals surface area contributed by atoms with Gasteiger partial charge in [-0.05, 0) is 19.9 Å². The molecule has 0 aliphatic rings. The Bertz CT molecular complexity index is 493. The third-order valence-electron chi connectivity index (χ3n) is 2.45. The quantitative estimate of drug-likeness (QED) is 0.735. The molecule has 0 heterocycles. The van der Waals surface area contributed by atoms with E-state index < -0.39 is 5.82 Å². The number of benzene rings is 1. The molecule has 5 N–H and O–H groups in total. The summed E-state index contributed by atoms with van der Waals surface area (Å²) in [4.78, 5) is 13.0. The first-order chi connectivity index (χ1) is 8.73. The van der Waals surface area contributed by atoms with Gasteiger partial charge in [-0.15, -0.1) is 0 Å². The number of carbonyl (C=O) groups is 1. The fraction of sp³-hybridized carbons (Fsp3) is 0.417. The number of likely N-dealkylation sites (N-methyl/N-ethyl adjacent to an activating group) is 1. The molecule has 0 aliphatic heterocycles. The van der Waals surface area contributed by atoms with E-state index in [1.165, 1.54) is 11.0 Å². The molecule has 0 saturated carbocycles. The van der Waals surface area contributed by atoms with Crippen LogP contribution in [0.25, 0.3) is 0 Å². The summed E-state index contributed by atoms with van der Waals surface area (Å²) in [5.41, 5.74) is 11.5. The molecule has 19 heavy (non-hydrogen) atoms. The molecule has 7 heteroatoms. The van der Waals surface area contributed by atoms with Crippen LogP contribution in [0.4, 0.5) is 21.5 Å². The van der Waals surface area contributed by atoms with E-state index in [1.54, 1.807) is 7.05 Å². The Balaban J connectivity index is 2.97. The van der Waals surface area contributed by atoms with E-state index in [1.807, 2.05) is 13.8 Å². The maximum absolute atomic E-state index is 14.0. The van der Waals surface area contributed by atoms with Crippen molar-refractivity contribution in [3.63, 3.8) is 0 Å². The zero-order chi connectivity index (χ0) is 14.7. The lowest BCUT2D eigenvalue weighted by molar-refractivity contribution is -0.120. The minimum Gasteiger partial charge on any atom is -0.397 e. The highest BCUT2D eigenvalue weighted by atomic mass is 35.5. The average molecular weight is 289 g/mol. The number of amides is 1. The van der Waals surface area contributed by atoms with Gasteiger partial charge >= 0.3 is 0 Å². The van der Waals surface area contributed by atoms with Crippen LogP contribution in [0.2, 0.25) is 5.02 Å². The van der Waals surface area contributed by atoms with Gasteiger partial charge in [0.25, 0.3) is 0 Å². The Morgan fingerprint density at radius 2 is 2.05 bits per heavy atom. The van der Waals surface area contributed by atoms with E-state index in [9.17, 15) is 9.18 Å². The van der Waals surface area contributed by atoms with E-state index in [-0.39, 0.29) is 40.6 Å². The summed E-state index contributed by atoms with van der Waals surface area (Å²) in [6, 6.07) is 1.38. The number of rotatable bonds is 4. The first-order valence-corrected chi connectivity index (χ1v) is 6.15. The van der Waals surface area contributed by atoms with Crippen molar-refractivity contribution >= 4 is 34.6 Å². The Labute approximate surface area is 116 Å². The third kappa shape index (κ3) is 3.64. The molecule has 0 saturated heterocycles. The molecule has 0 aromatic heterocycles. The van der Waals surface area contributed by atoms with E-state index in [0.717, 1.165) is 0 Å². The topological polar surface area (TPSA) is 84.4 Å². The molecule has 1 rings (SSSR count). The number of carbonyl (C=O) groups excluding carboxylic acids is 1. The van der Waals surface area contributed by atoms with Crippen LogP contribution in [0.5, 0.6) is 0 Å². The molecule has 0 fully saturated rings. The van der Waals surface area contributed by atoms with Crippen LogP contribution in [0.1, 0.15) is 13.8 Å². The summed E-state index contributed by atoms with van der Waals surface area (Å²) in [5.74, 6) is -0.955. The Morgan fingerprint density at radius 3 is 2.58 bits per heavy atom. The lowest BCUT2D eigenvalue weighted by Gasteiger charge is -2.22. The minimum absolute atomic E-state index is 0.0121. The van der Waals surface area contributed by atoms with Crippen molar-refractivity contribution in [2.45, 2.75) is 19.9 Å². The van der Waals surface area contributed by atoms with Crippen LogP contribution >= 0.6 is 11.6 Å². The fourth-order valence-electron chi connectivity index (χ4n) is 1.71. The number of nitrogen functional groups attached to an aromatic ring is 2. The molecule has 0 radical (unpaired) electrons. The summed E-state index contributed by atoms with van der Waals surface area (Å²) in [6.07, 6.45) is 0. The highest BCUT2D eigenvalue weighted by Gasteiger charge is 2.19. The SMILES string of the molecule is CC(C)NC(=O)CN(C)c1c(N)cc(N)c(Cl)c1F. The number of hydrogen-bond acceptors (Lipinski definition) is 4. The number of nitrogens with two attached hydrogens (primary N) is 2. The minimum atomic E-state index is -0.723. The molecule has 0 spiro atoms. The maximum atomic E-state index is 14.0.